The second-order valence-electron chi connectivity index (χ2n) is 5.73. The molecule has 4 aromatic rings. The lowest BCUT2D eigenvalue weighted by Crippen LogP contribution is -2.03. The molecule has 4 rings (SSSR count). The Morgan fingerprint density at radius 3 is 2.75 bits per heavy atom. The number of hydrogen-bond acceptors (Lipinski definition) is 4. The van der Waals surface area contributed by atoms with Gasteiger partial charge in [0.25, 0.3) is 0 Å². The van der Waals surface area contributed by atoms with Gasteiger partial charge in [0.05, 0.1) is 5.69 Å². The summed E-state index contributed by atoms with van der Waals surface area (Å²) in [5.41, 5.74) is 3.23. The largest absolute Gasteiger partial charge is 0.354 e. The lowest BCUT2D eigenvalue weighted by molar-refractivity contribution is 0.731. The summed E-state index contributed by atoms with van der Waals surface area (Å²) in [5, 5.41) is 9.58. The number of aryl methyl sites for hydroxylation is 1. The summed E-state index contributed by atoms with van der Waals surface area (Å²) in [7, 11) is 4.06. The van der Waals surface area contributed by atoms with Crippen molar-refractivity contribution in [3.05, 3.63) is 66.1 Å². The van der Waals surface area contributed by atoms with E-state index in [1.165, 1.54) is 5.69 Å². The van der Waals surface area contributed by atoms with Crippen LogP contribution in [0.2, 0.25) is 0 Å². The zero-order valence-electron chi connectivity index (χ0n) is 13.6. The quantitative estimate of drug-likeness (QED) is 0.525. The topological polar surface area (TPSA) is 52.9 Å². The van der Waals surface area contributed by atoms with Crippen molar-refractivity contribution in [3.8, 4) is 0 Å². The first-order chi connectivity index (χ1) is 11.7. The molecule has 0 atom stereocenters. The molecule has 0 unspecified atom stereocenters. The summed E-state index contributed by atoms with van der Waals surface area (Å²) in [6, 6.07) is 10.2. The van der Waals surface area contributed by atoms with Crippen molar-refractivity contribution >= 4 is 17.4 Å². The normalized spacial score (nSPS) is 11.4. The molecular weight excluding hydrogens is 320 g/mol. The van der Waals surface area contributed by atoms with Crippen molar-refractivity contribution < 1.29 is 0 Å². The molecule has 0 aromatic carbocycles. The Morgan fingerprint density at radius 2 is 1.96 bits per heavy atom. The third-order valence-electron chi connectivity index (χ3n) is 4.08. The van der Waals surface area contributed by atoms with E-state index in [1.807, 2.05) is 55.2 Å². The van der Waals surface area contributed by atoms with Gasteiger partial charge in [-0.2, -0.15) is 0 Å². The number of nitrogens with zero attached hydrogens (tertiary/aromatic N) is 6. The predicted octanol–water partition coefficient (Wildman–Crippen LogP) is 2.68. The Morgan fingerprint density at radius 1 is 1.04 bits per heavy atom. The highest BCUT2D eigenvalue weighted by Crippen LogP contribution is 2.21. The summed E-state index contributed by atoms with van der Waals surface area (Å²) in [5.74, 6) is 1.74. The van der Waals surface area contributed by atoms with E-state index in [0.29, 0.717) is 0 Å². The third kappa shape index (κ3) is 2.82. The number of imidazole rings is 1. The van der Waals surface area contributed by atoms with Crippen molar-refractivity contribution in [1.29, 1.82) is 0 Å². The maximum absolute atomic E-state index is 4.62. The molecule has 0 aliphatic rings. The zero-order chi connectivity index (χ0) is 16.5. The average molecular weight is 338 g/mol. The molecular formula is C17H18N6S. The Labute approximate surface area is 144 Å². The standard InChI is InChI=1S/C17H18N6S/c1-21-8-5-6-14(21)10-16-19-20-17(22(16)2)24-12-13-11-23-9-4-3-7-15(23)18-13/h3-9,11H,10,12H2,1-2H3. The fourth-order valence-electron chi connectivity index (χ4n) is 2.66. The zero-order valence-corrected chi connectivity index (χ0v) is 14.4. The van der Waals surface area contributed by atoms with Gasteiger partial charge in [-0.1, -0.05) is 17.8 Å². The van der Waals surface area contributed by atoms with Crippen LogP contribution in [0.25, 0.3) is 5.65 Å². The molecule has 0 fully saturated rings. The highest BCUT2D eigenvalue weighted by atomic mass is 32.2. The van der Waals surface area contributed by atoms with Crippen LogP contribution < -0.4 is 0 Å². The Kier molecular flexibility index (Phi) is 3.86. The molecule has 0 aliphatic carbocycles. The van der Waals surface area contributed by atoms with E-state index in [-0.39, 0.29) is 0 Å². The molecule has 0 spiro atoms. The number of rotatable bonds is 5. The molecule has 6 nitrogen and oxygen atoms in total. The van der Waals surface area contributed by atoms with Crippen LogP contribution in [0.15, 0.2) is 54.1 Å². The monoisotopic (exact) mass is 338 g/mol. The fraction of sp³-hybridized carbons (Fsp3) is 0.235. The van der Waals surface area contributed by atoms with Gasteiger partial charge in [0, 0.05) is 50.6 Å². The van der Waals surface area contributed by atoms with Crippen LogP contribution in [-0.4, -0.2) is 28.7 Å². The van der Waals surface area contributed by atoms with Crippen molar-refractivity contribution in [2.75, 3.05) is 0 Å². The highest BCUT2D eigenvalue weighted by molar-refractivity contribution is 7.98. The predicted molar refractivity (Wildman–Crippen MR) is 94.0 cm³/mol. The molecule has 4 aromatic heterocycles. The van der Waals surface area contributed by atoms with E-state index in [4.69, 9.17) is 0 Å². The van der Waals surface area contributed by atoms with E-state index >= 15 is 0 Å². The summed E-state index contributed by atoms with van der Waals surface area (Å²) in [6.45, 7) is 0. The molecule has 4 heterocycles. The van der Waals surface area contributed by atoms with Gasteiger partial charge in [0.1, 0.15) is 11.5 Å². The van der Waals surface area contributed by atoms with Crippen LogP contribution in [-0.2, 0) is 26.3 Å². The van der Waals surface area contributed by atoms with Gasteiger partial charge >= 0.3 is 0 Å². The lowest BCUT2D eigenvalue weighted by Gasteiger charge is -2.04. The van der Waals surface area contributed by atoms with Gasteiger partial charge in [-0.3, -0.25) is 0 Å². The summed E-state index contributed by atoms with van der Waals surface area (Å²) in [4.78, 5) is 4.62. The Bertz CT molecular complexity index is 947. The maximum Gasteiger partial charge on any atom is 0.191 e. The first-order valence-electron chi connectivity index (χ1n) is 7.74. The summed E-state index contributed by atoms with van der Waals surface area (Å²) >= 11 is 1.66. The molecule has 122 valence electrons. The van der Waals surface area contributed by atoms with Gasteiger partial charge in [0.15, 0.2) is 5.16 Å². The van der Waals surface area contributed by atoms with Crippen LogP contribution in [0, 0.1) is 0 Å². The molecule has 24 heavy (non-hydrogen) atoms. The van der Waals surface area contributed by atoms with E-state index in [1.54, 1.807) is 11.8 Å². The van der Waals surface area contributed by atoms with Crippen molar-refractivity contribution in [2.45, 2.75) is 17.3 Å². The van der Waals surface area contributed by atoms with Crippen LogP contribution in [0.5, 0.6) is 0 Å². The van der Waals surface area contributed by atoms with Gasteiger partial charge in [-0.15, -0.1) is 10.2 Å². The number of aromatic nitrogens is 6. The highest BCUT2D eigenvalue weighted by Gasteiger charge is 2.12. The molecule has 0 radical (unpaired) electrons. The second kappa shape index (κ2) is 6.16. The minimum atomic E-state index is 0.776. The van der Waals surface area contributed by atoms with Gasteiger partial charge < -0.3 is 13.5 Å². The van der Waals surface area contributed by atoms with Crippen molar-refractivity contribution in [1.82, 2.24) is 28.7 Å². The van der Waals surface area contributed by atoms with Crippen molar-refractivity contribution in [2.24, 2.45) is 14.1 Å². The number of hydrogen-bond donors (Lipinski definition) is 0. The van der Waals surface area contributed by atoms with Crippen LogP contribution >= 0.6 is 11.8 Å². The van der Waals surface area contributed by atoms with Gasteiger partial charge in [-0.25, -0.2) is 4.98 Å². The molecule has 0 aliphatic heterocycles. The van der Waals surface area contributed by atoms with E-state index in [2.05, 4.69) is 36.6 Å². The Hall–Kier alpha value is -2.54. The second-order valence-corrected chi connectivity index (χ2v) is 6.67. The minimum Gasteiger partial charge on any atom is -0.354 e. The van der Waals surface area contributed by atoms with Crippen LogP contribution in [0.1, 0.15) is 17.2 Å². The molecule has 7 heteroatoms. The van der Waals surface area contributed by atoms with Crippen LogP contribution in [0.4, 0.5) is 0 Å². The number of pyridine rings is 1. The maximum atomic E-state index is 4.62. The Balaban J connectivity index is 1.48. The van der Waals surface area contributed by atoms with E-state index < -0.39 is 0 Å². The molecule has 0 N–H and O–H groups in total. The molecule has 0 saturated heterocycles. The molecule has 0 saturated carbocycles. The number of thioether (sulfide) groups is 1. The van der Waals surface area contributed by atoms with Crippen molar-refractivity contribution in [3.63, 3.8) is 0 Å². The average Bonchev–Trinajstić information content (AvgIpc) is 3.27. The fourth-order valence-corrected chi connectivity index (χ4v) is 3.48. The first kappa shape index (κ1) is 15.0. The SMILES string of the molecule is Cn1cccc1Cc1nnc(SCc2cn3ccccc3n2)n1C. The summed E-state index contributed by atoms with van der Waals surface area (Å²) < 4.78 is 6.21. The molecule has 0 amide bonds. The smallest absolute Gasteiger partial charge is 0.191 e. The third-order valence-corrected chi connectivity index (χ3v) is 5.13. The van der Waals surface area contributed by atoms with Crippen LogP contribution in [0.3, 0.4) is 0 Å². The summed E-state index contributed by atoms with van der Waals surface area (Å²) in [6.07, 6.45) is 6.90. The number of fused-ring (bicyclic) bond motifs is 1. The van der Waals surface area contributed by atoms with Gasteiger partial charge in [-0.05, 0) is 24.3 Å². The van der Waals surface area contributed by atoms with E-state index in [0.717, 1.165) is 34.5 Å². The van der Waals surface area contributed by atoms with E-state index in [9.17, 15) is 0 Å². The lowest BCUT2D eigenvalue weighted by atomic mass is 10.3. The minimum absolute atomic E-state index is 0.776. The van der Waals surface area contributed by atoms with Gasteiger partial charge in [0.2, 0.25) is 0 Å². The first-order valence-corrected chi connectivity index (χ1v) is 8.73. The molecule has 0 bridgehead atoms.